The van der Waals surface area contributed by atoms with Gasteiger partial charge in [-0.25, -0.2) is 4.98 Å². The van der Waals surface area contributed by atoms with Crippen LogP contribution in [0, 0.1) is 5.92 Å². The van der Waals surface area contributed by atoms with E-state index in [2.05, 4.69) is 17.2 Å². The van der Waals surface area contributed by atoms with Gasteiger partial charge in [-0.2, -0.15) is 0 Å². The molecule has 1 aliphatic carbocycles. The molecule has 1 aromatic rings. The summed E-state index contributed by atoms with van der Waals surface area (Å²) in [6, 6.07) is 0. The summed E-state index contributed by atoms with van der Waals surface area (Å²) in [5, 5.41) is 13.3. The molecule has 0 spiro atoms. The molecule has 3 unspecified atom stereocenters. The van der Waals surface area contributed by atoms with Gasteiger partial charge in [-0.05, 0) is 18.8 Å². The topological polar surface area (TPSA) is 59.3 Å². The van der Waals surface area contributed by atoms with Gasteiger partial charge in [-0.1, -0.05) is 26.2 Å². The molecule has 0 bridgehead atoms. The van der Waals surface area contributed by atoms with E-state index in [4.69, 9.17) is 4.74 Å². The van der Waals surface area contributed by atoms with E-state index in [0.717, 1.165) is 12.2 Å². The summed E-state index contributed by atoms with van der Waals surface area (Å²) in [5.41, 5.74) is 0. The fourth-order valence-corrected chi connectivity index (χ4v) is 3.07. The van der Waals surface area contributed by atoms with Crippen molar-refractivity contribution in [3.63, 3.8) is 0 Å². The van der Waals surface area contributed by atoms with Crippen molar-refractivity contribution < 1.29 is 9.84 Å². The number of aryl methyl sites for hydroxylation is 1. The quantitative estimate of drug-likeness (QED) is 0.768. The lowest BCUT2D eigenvalue weighted by atomic mass is 9.85. The zero-order chi connectivity index (χ0) is 15.1. The number of nitrogens with one attached hydrogen (secondary N) is 1. The smallest absolute Gasteiger partial charge is 0.122 e. The third-order valence-electron chi connectivity index (χ3n) is 4.45. The summed E-state index contributed by atoms with van der Waals surface area (Å²) in [6.45, 7) is 3.86. The Hall–Kier alpha value is -0.910. The maximum atomic E-state index is 10.0. The molecule has 1 aromatic heterocycles. The maximum absolute atomic E-state index is 10.0. The summed E-state index contributed by atoms with van der Waals surface area (Å²) in [5.74, 6) is 1.65. The van der Waals surface area contributed by atoms with Gasteiger partial charge in [0, 0.05) is 26.0 Å². The first-order valence-electron chi connectivity index (χ1n) is 8.17. The second-order valence-corrected chi connectivity index (χ2v) is 6.06. The van der Waals surface area contributed by atoms with Crippen LogP contribution in [0.5, 0.6) is 0 Å². The van der Waals surface area contributed by atoms with E-state index < -0.39 is 6.10 Å². The number of aliphatic hydroxyl groups excluding tert-OH is 1. The molecule has 5 nitrogen and oxygen atoms in total. The lowest BCUT2D eigenvalue weighted by Crippen LogP contribution is -2.35. The molecule has 2 rings (SSSR count). The first kappa shape index (κ1) is 16.5. The molecule has 3 atom stereocenters. The minimum absolute atomic E-state index is 0.341. The van der Waals surface area contributed by atoms with Crippen LogP contribution in [0.4, 0.5) is 0 Å². The van der Waals surface area contributed by atoms with Gasteiger partial charge in [0.05, 0.1) is 25.4 Å². The zero-order valence-corrected chi connectivity index (χ0v) is 13.3. The van der Waals surface area contributed by atoms with Gasteiger partial charge in [0.15, 0.2) is 0 Å². The van der Waals surface area contributed by atoms with E-state index >= 15 is 0 Å². The standard InChI is InChI=1S/C16H29N3O2/c1-3-13-6-4-5-7-15(13)21-12-14(20)10-17-11-16-18-8-9-19(16)2/h8-9,13-15,17,20H,3-7,10-12H2,1-2H3. The highest BCUT2D eigenvalue weighted by Gasteiger charge is 2.24. The highest BCUT2D eigenvalue weighted by Crippen LogP contribution is 2.29. The third-order valence-corrected chi connectivity index (χ3v) is 4.45. The van der Waals surface area contributed by atoms with Crippen LogP contribution >= 0.6 is 0 Å². The fourth-order valence-electron chi connectivity index (χ4n) is 3.07. The molecular weight excluding hydrogens is 266 g/mol. The van der Waals surface area contributed by atoms with E-state index in [-0.39, 0.29) is 0 Å². The van der Waals surface area contributed by atoms with Crippen molar-refractivity contribution in [2.45, 2.75) is 57.8 Å². The zero-order valence-electron chi connectivity index (χ0n) is 13.3. The Morgan fingerprint density at radius 3 is 3.00 bits per heavy atom. The Balaban J connectivity index is 1.63. The molecule has 1 heterocycles. The summed E-state index contributed by atoms with van der Waals surface area (Å²) >= 11 is 0. The maximum Gasteiger partial charge on any atom is 0.122 e. The molecule has 21 heavy (non-hydrogen) atoms. The van der Waals surface area contributed by atoms with Crippen LogP contribution in [0.15, 0.2) is 12.4 Å². The normalized spacial score (nSPS) is 24.1. The molecule has 1 fully saturated rings. The van der Waals surface area contributed by atoms with Crippen molar-refractivity contribution in [1.82, 2.24) is 14.9 Å². The van der Waals surface area contributed by atoms with Crippen LogP contribution in [-0.4, -0.2) is 40.0 Å². The van der Waals surface area contributed by atoms with Crippen molar-refractivity contribution >= 4 is 0 Å². The number of aromatic nitrogens is 2. The van der Waals surface area contributed by atoms with E-state index in [1.807, 2.05) is 17.8 Å². The van der Waals surface area contributed by atoms with Crippen molar-refractivity contribution in [1.29, 1.82) is 0 Å². The minimum atomic E-state index is -0.454. The van der Waals surface area contributed by atoms with Gasteiger partial charge in [0.1, 0.15) is 5.82 Å². The molecule has 0 aliphatic heterocycles. The summed E-state index contributed by atoms with van der Waals surface area (Å²) in [7, 11) is 1.97. The van der Waals surface area contributed by atoms with Gasteiger partial charge in [0.25, 0.3) is 0 Å². The molecule has 5 heteroatoms. The highest BCUT2D eigenvalue weighted by molar-refractivity contribution is 4.90. The Morgan fingerprint density at radius 2 is 2.29 bits per heavy atom. The molecule has 1 saturated carbocycles. The largest absolute Gasteiger partial charge is 0.389 e. The van der Waals surface area contributed by atoms with E-state index in [1.54, 1.807) is 6.20 Å². The molecule has 0 aromatic carbocycles. The number of hydrogen-bond acceptors (Lipinski definition) is 4. The lowest BCUT2D eigenvalue weighted by Gasteiger charge is -2.31. The Bertz CT molecular complexity index is 408. The molecule has 0 amide bonds. The Morgan fingerprint density at radius 1 is 1.48 bits per heavy atom. The average Bonchev–Trinajstić information content (AvgIpc) is 2.91. The number of imidazole rings is 1. The first-order valence-corrected chi connectivity index (χ1v) is 8.17. The average molecular weight is 295 g/mol. The van der Waals surface area contributed by atoms with Crippen molar-refractivity contribution in [3.8, 4) is 0 Å². The number of aliphatic hydroxyl groups is 1. The van der Waals surface area contributed by atoms with E-state index in [0.29, 0.717) is 31.7 Å². The van der Waals surface area contributed by atoms with E-state index in [9.17, 15) is 5.11 Å². The summed E-state index contributed by atoms with van der Waals surface area (Å²) in [4.78, 5) is 4.24. The second-order valence-electron chi connectivity index (χ2n) is 6.06. The van der Waals surface area contributed by atoms with Gasteiger partial charge in [-0.15, -0.1) is 0 Å². The third kappa shape index (κ3) is 5.09. The van der Waals surface area contributed by atoms with Crippen LogP contribution in [-0.2, 0) is 18.3 Å². The molecule has 120 valence electrons. The van der Waals surface area contributed by atoms with Crippen LogP contribution in [0.3, 0.4) is 0 Å². The predicted molar refractivity (Wildman–Crippen MR) is 82.9 cm³/mol. The van der Waals surface area contributed by atoms with Crippen LogP contribution in [0.25, 0.3) is 0 Å². The minimum Gasteiger partial charge on any atom is -0.389 e. The van der Waals surface area contributed by atoms with Crippen molar-refractivity contribution in [2.24, 2.45) is 13.0 Å². The highest BCUT2D eigenvalue weighted by atomic mass is 16.5. The van der Waals surface area contributed by atoms with Crippen LogP contribution < -0.4 is 5.32 Å². The molecule has 2 N–H and O–H groups in total. The summed E-state index contributed by atoms with van der Waals surface area (Å²) < 4.78 is 7.92. The predicted octanol–water partition coefficient (Wildman–Crippen LogP) is 1.86. The molecular formula is C16H29N3O2. The second kappa shape index (κ2) is 8.51. The Kier molecular flexibility index (Phi) is 6.67. The number of rotatable bonds is 8. The molecule has 1 aliphatic rings. The summed E-state index contributed by atoms with van der Waals surface area (Å²) in [6.07, 6.45) is 9.77. The number of nitrogens with zero attached hydrogens (tertiary/aromatic N) is 2. The van der Waals surface area contributed by atoms with Crippen LogP contribution in [0.2, 0.25) is 0 Å². The van der Waals surface area contributed by atoms with Crippen molar-refractivity contribution in [3.05, 3.63) is 18.2 Å². The monoisotopic (exact) mass is 295 g/mol. The molecule has 0 saturated heterocycles. The SMILES string of the molecule is CCC1CCCCC1OCC(O)CNCc1nccn1C. The lowest BCUT2D eigenvalue weighted by molar-refractivity contribution is -0.0499. The Labute approximate surface area is 127 Å². The first-order chi connectivity index (χ1) is 10.2. The van der Waals surface area contributed by atoms with Gasteiger partial charge < -0.3 is 19.7 Å². The molecule has 0 radical (unpaired) electrons. The fraction of sp³-hybridized carbons (Fsp3) is 0.812. The van der Waals surface area contributed by atoms with E-state index in [1.165, 1.54) is 25.7 Å². The van der Waals surface area contributed by atoms with Crippen molar-refractivity contribution in [2.75, 3.05) is 13.2 Å². The van der Waals surface area contributed by atoms with Crippen LogP contribution in [0.1, 0.15) is 44.9 Å². The van der Waals surface area contributed by atoms with Gasteiger partial charge >= 0.3 is 0 Å². The number of ether oxygens (including phenoxy) is 1. The van der Waals surface area contributed by atoms with Gasteiger partial charge in [-0.3, -0.25) is 0 Å². The van der Waals surface area contributed by atoms with Gasteiger partial charge in [0.2, 0.25) is 0 Å². The number of hydrogen-bond donors (Lipinski definition) is 2.